The summed E-state index contributed by atoms with van der Waals surface area (Å²) in [7, 11) is 0. The Labute approximate surface area is 145 Å². The molecule has 2 amide bonds. The van der Waals surface area contributed by atoms with E-state index in [1.54, 1.807) is 34.5 Å². The van der Waals surface area contributed by atoms with E-state index in [1.165, 1.54) is 11.3 Å². The molecular formula is C17H19ClN2O2S. The van der Waals surface area contributed by atoms with E-state index in [2.05, 4.69) is 5.32 Å². The molecule has 4 nitrogen and oxygen atoms in total. The molecule has 0 bridgehead atoms. The number of amides is 2. The van der Waals surface area contributed by atoms with Crippen LogP contribution in [0.25, 0.3) is 0 Å². The van der Waals surface area contributed by atoms with Crippen LogP contribution in [0.5, 0.6) is 0 Å². The van der Waals surface area contributed by atoms with Gasteiger partial charge >= 0.3 is 0 Å². The van der Waals surface area contributed by atoms with Crippen molar-refractivity contribution in [3.63, 3.8) is 0 Å². The highest BCUT2D eigenvalue weighted by Gasteiger charge is 2.20. The molecule has 0 saturated heterocycles. The maximum atomic E-state index is 12.6. The maximum Gasteiger partial charge on any atom is 0.256 e. The molecule has 2 aromatic rings. The van der Waals surface area contributed by atoms with E-state index in [4.69, 9.17) is 11.6 Å². The van der Waals surface area contributed by atoms with Crippen LogP contribution in [0.15, 0.2) is 35.0 Å². The summed E-state index contributed by atoms with van der Waals surface area (Å²) in [6, 6.07) is 6.77. The molecule has 6 heteroatoms. The average molecular weight is 351 g/mol. The number of halogens is 1. The summed E-state index contributed by atoms with van der Waals surface area (Å²) in [5, 5.41) is 6.78. The molecule has 2 rings (SSSR count). The van der Waals surface area contributed by atoms with Gasteiger partial charge in [0.2, 0.25) is 0 Å². The first-order valence-corrected chi connectivity index (χ1v) is 8.70. The summed E-state index contributed by atoms with van der Waals surface area (Å²) in [6.07, 6.45) is 0. The van der Waals surface area contributed by atoms with E-state index in [9.17, 15) is 9.59 Å². The minimum atomic E-state index is -0.205. The van der Waals surface area contributed by atoms with Crippen molar-refractivity contribution >= 4 is 40.4 Å². The monoisotopic (exact) mass is 350 g/mol. The van der Waals surface area contributed by atoms with Gasteiger partial charge in [-0.1, -0.05) is 11.6 Å². The van der Waals surface area contributed by atoms with Gasteiger partial charge in [0.05, 0.1) is 16.1 Å². The number of nitrogens with one attached hydrogen (secondary N) is 1. The number of hydrogen-bond acceptors (Lipinski definition) is 3. The van der Waals surface area contributed by atoms with Crippen LogP contribution >= 0.6 is 22.9 Å². The van der Waals surface area contributed by atoms with Gasteiger partial charge in [-0.15, -0.1) is 0 Å². The number of hydrogen-bond donors (Lipinski definition) is 1. The fourth-order valence-corrected chi connectivity index (χ4v) is 3.10. The summed E-state index contributed by atoms with van der Waals surface area (Å²) < 4.78 is 0. The fraction of sp³-hybridized carbons (Fsp3) is 0.294. The first-order valence-electron chi connectivity index (χ1n) is 7.38. The number of rotatable bonds is 5. The van der Waals surface area contributed by atoms with E-state index in [0.717, 1.165) is 0 Å². The molecule has 1 aromatic carbocycles. The number of nitrogens with zero attached hydrogens (tertiary/aromatic N) is 1. The van der Waals surface area contributed by atoms with Gasteiger partial charge in [-0.05, 0) is 50.4 Å². The first kappa shape index (κ1) is 17.5. The van der Waals surface area contributed by atoms with Crippen molar-refractivity contribution in [2.24, 2.45) is 0 Å². The first-order chi connectivity index (χ1) is 10.9. The summed E-state index contributed by atoms with van der Waals surface area (Å²) in [6.45, 7) is 6.43. The Morgan fingerprint density at radius 3 is 2.61 bits per heavy atom. The predicted octanol–water partition coefficient (Wildman–Crippen LogP) is 4.52. The molecule has 1 N–H and O–H groups in total. The largest absolute Gasteiger partial charge is 0.336 e. The van der Waals surface area contributed by atoms with E-state index in [0.29, 0.717) is 28.4 Å². The second kappa shape index (κ2) is 7.62. The number of thiophene rings is 1. The highest BCUT2D eigenvalue weighted by atomic mass is 35.5. The van der Waals surface area contributed by atoms with Gasteiger partial charge in [0, 0.05) is 23.7 Å². The molecule has 0 spiro atoms. The van der Waals surface area contributed by atoms with Crippen LogP contribution in [-0.4, -0.2) is 29.3 Å². The molecule has 0 fully saturated rings. The molecule has 0 aliphatic heterocycles. The molecule has 0 aliphatic carbocycles. The summed E-state index contributed by atoms with van der Waals surface area (Å²) in [5.74, 6) is -0.345. The minimum Gasteiger partial charge on any atom is -0.336 e. The third kappa shape index (κ3) is 4.12. The van der Waals surface area contributed by atoms with Gasteiger partial charge in [0.25, 0.3) is 11.8 Å². The summed E-state index contributed by atoms with van der Waals surface area (Å²) in [4.78, 5) is 26.5. The zero-order valence-electron chi connectivity index (χ0n) is 13.3. The van der Waals surface area contributed by atoms with Crippen molar-refractivity contribution in [3.8, 4) is 0 Å². The second-order valence-electron chi connectivity index (χ2n) is 5.35. The smallest absolute Gasteiger partial charge is 0.256 e. The highest BCUT2D eigenvalue weighted by Crippen LogP contribution is 2.23. The molecule has 0 aliphatic rings. The fourth-order valence-electron chi connectivity index (χ4n) is 2.26. The van der Waals surface area contributed by atoms with Crippen LogP contribution < -0.4 is 5.32 Å². The maximum absolute atomic E-state index is 12.6. The molecule has 23 heavy (non-hydrogen) atoms. The Hall–Kier alpha value is -1.85. The SMILES string of the molecule is CCN(C(=O)c1cc(NC(=O)c2ccsc2)ccc1Cl)C(C)C. The topological polar surface area (TPSA) is 49.4 Å². The Balaban J connectivity index is 2.25. The van der Waals surface area contributed by atoms with Crippen molar-refractivity contribution in [2.45, 2.75) is 26.8 Å². The van der Waals surface area contributed by atoms with E-state index in [1.807, 2.05) is 26.2 Å². The molecule has 122 valence electrons. The number of carbonyl (C=O) groups is 2. The molecule has 0 unspecified atom stereocenters. The second-order valence-corrected chi connectivity index (χ2v) is 6.53. The van der Waals surface area contributed by atoms with Crippen molar-refractivity contribution in [1.29, 1.82) is 0 Å². The van der Waals surface area contributed by atoms with Crippen molar-refractivity contribution < 1.29 is 9.59 Å². The molecule has 0 saturated carbocycles. The number of carbonyl (C=O) groups excluding carboxylic acids is 2. The third-order valence-corrected chi connectivity index (χ3v) is 4.48. The van der Waals surface area contributed by atoms with Crippen LogP contribution in [0.3, 0.4) is 0 Å². The standard InChI is InChI=1S/C17H19ClN2O2S/c1-4-20(11(2)3)17(22)14-9-13(5-6-15(14)18)19-16(21)12-7-8-23-10-12/h5-11H,4H2,1-3H3,(H,19,21). The van der Waals surface area contributed by atoms with Gasteiger partial charge in [-0.25, -0.2) is 0 Å². The number of anilines is 1. The van der Waals surface area contributed by atoms with Crippen LogP contribution in [0.2, 0.25) is 5.02 Å². The molecule has 1 aromatic heterocycles. The average Bonchev–Trinajstić information content (AvgIpc) is 3.03. The van der Waals surface area contributed by atoms with Gasteiger partial charge in [-0.3, -0.25) is 9.59 Å². The quantitative estimate of drug-likeness (QED) is 0.861. The Morgan fingerprint density at radius 1 is 1.30 bits per heavy atom. The zero-order chi connectivity index (χ0) is 17.0. The van der Waals surface area contributed by atoms with Gasteiger partial charge in [0.15, 0.2) is 0 Å². The Morgan fingerprint density at radius 2 is 2.04 bits per heavy atom. The molecular weight excluding hydrogens is 332 g/mol. The van der Waals surface area contributed by atoms with Crippen LogP contribution in [0.4, 0.5) is 5.69 Å². The zero-order valence-corrected chi connectivity index (χ0v) is 14.9. The Kier molecular flexibility index (Phi) is 5.80. The number of benzene rings is 1. The van der Waals surface area contributed by atoms with Crippen LogP contribution in [0, 0.1) is 0 Å². The van der Waals surface area contributed by atoms with Crippen molar-refractivity contribution in [2.75, 3.05) is 11.9 Å². The van der Waals surface area contributed by atoms with Crippen LogP contribution in [-0.2, 0) is 0 Å². The van der Waals surface area contributed by atoms with Gasteiger partial charge in [0.1, 0.15) is 0 Å². The van der Waals surface area contributed by atoms with Gasteiger partial charge < -0.3 is 10.2 Å². The molecule has 0 radical (unpaired) electrons. The summed E-state index contributed by atoms with van der Waals surface area (Å²) in [5.41, 5.74) is 1.54. The van der Waals surface area contributed by atoms with Gasteiger partial charge in [-0.2, -0.15) is 11.3 Å². The van der Waals surface area contributed by atoms with E-state index in [-0.39, 0.29) is 17.9 Å². The lowest BCUT2D eigenvalue weighted by molar-refractivity contribution is 0.0717. The third-order valence-electron chi connectivity index (χ3n) is 3.46. The van der Waals surface area contributed by atoms with Crippen LogP contribution in [0.1, 0.15) is 41.5 Å². The lowest BCUT2D eigenvalue weighted by Gasteiger charge is -2.25. The van der Waals surface area contributed by atoms with E-state index >= 15 is 0 Å². The predicted molar refractivity (Wildman–Crippen MR) is 95.6 cm³/mol. The summed E-state index contributed by atoms with van der Waals surface area (Å²) >= 11 is 7.63. The Bertz CT molecular complexity index is 699. The van der Waals surface area contributed by atoms with Crippen molar-refractivity contribution in [3.05, 3.63) is 51.2 Å². The molecule has 0 atom stereocenters. The van der Waals surface area contributed by atoms with E-state index < -0.39 is 0 Å². The normalized spacial score (nSPS) is 10.7. The minimum absolute atomic E-state index is 0.0765. The lowest BCUT2D eigenvalue weighted by Crippen LogP contribution is -2.36. The molecule has 1 heterocycles. The lowest BCUT2D eigenvalue weighted by atomic mass is 10.1. The van der Waals surface area contributed by atoms with Crippen molar-refractivity contribution in [1.82, 2.24) is 4.90 Å². The highest BCUT2D eigenvalue weighted by molar-refractivity contribution is 7.08.